The summed E-state index contributed by atoms with van der Waals surface area (Å²) in [5.74, 6) is -7.33. The van der Waals surface area contributed by atoms with Crippen LogP contribution in [0.3, 0.4) is 0 Å². The molecular weight excluding hydrogens is 255 g/mol. The summed E-state index contributed by atoms with van der Waals surface area (Å²) in [4.78, 5) is 10.5. The summed E-state index contributed by atoms with van der Waals surface area (Å²) in [5, 5.41) is 0. The van der Waals surface area contributed by atoms with E-state index in [1.54, 1.807) is 5.92 Å². The number of rotatable bonds is 3. The number of carbonyl (C=O) groups is 1. The van der Waals surface area contributed by atoms with Crippen LogP contribution in [0.5, 0.6) is 0 Å². The highest BCUT2D eigenvalue weighted by molar-refractivity contribution is 5.62. The van der Waals surface area contributed by atoms with E-state index in [1.807, 2.05) is 0 Å². The molecule has 0 aliphatic carbocycles. The summed E-state index contributed by atoms with van der Waals surface area (Å²) in [7, 11) is 0. The molecule has 0 bridgehead atoms. The Morgan fingerprint density at radius 1 is 1.41 bits per heavy atom. The lowest BCUT2D eigenvalue weighted by molar-refractivity contribution is -0.391. The molecule has 0 aromatic carbocycles. The number of hydrogen-bond donors (Lipinski definition) is 0. The molecule has 0 spiro atoms. The fourth-order valence-electron chi connectivity index (χ4n) is 1.04. The molecule has 1 heterocycles. The highest BCUT2D eigenvalue weighted by Gasteiger charge is 2.76. The molecule has 4 nitrogen and oxygen atoms in total. The molecule has 1 fully saturated rings. The summed E-state index contributed by atoms with van der Waals surface area (Å²) in [6.45, 7) is -2.30. The molecule has 1 saturated heterocycles. The predicted molar refractivity (Wildman–Crippen MR) is 41.0 cm³/mol. The number of halogens is 5. The summed E-state index contributed by atoms with van der Waals surface area (Å²) in [5.41, 5.74) is 0. The van der Waals surface area contributed by atoms with Crippen molar-refractivity contribution in [2.45, 2.75) is 17.9 Å². The maximum absolute atomic E-state index is 13.1. The van der Waals surface area contributed by atoms with Crippen LogP contribution in [0.1, 0.15) is 0 Å². The van der Waals surface area contributed by atoms with Gasteiger partial charge in [0.2, 0.25) is 0 Å². The van der Waals surface area contributed by atoms with Crippen molar-refractivity contribution >= 4 is 6.16 Å². The van der Waals surface area contributed by atoms with Crippen LogP contribution in [-0.4, -0.2) is 37.3 Å². The van der Waals surface area contributed by atoms with Crippen LogP contribution >= 0.6 is 0 Å². The van der Waals surface area contributed by atoms with Crippen LogP contribution < -0.4 is 0 Å². The van der Waals surface area contributed by atoms with E-state index in [-0.39, 0.29) is 0 Å². The molecule has 0 radical (unpaired) electrons. The van der Waals surface area contributed by atoms with Crippen molar-refractivity contribution in [2.75, 3.05) is 13.2 Å². The molecule has 0 aromatic heterocycles. The fourth-order valence-corrected chi connectivity index (χ4v) is 1.04. The van der Waals surface area contributed by atoms with E-state index < -0.39 is 37.3 Å². The van der Waals surface area contributed by atoms with Gasteiger partial charge in [-0.1, -0.05) is 5.92 Å². The molecule has 9 heteroatoms. The topological polar surface area (TPSA) is 44.8 Å². The Morgan fingerprint density at radius 3 is 2.35 bits per heavy atom. The molecule has 17 heavy (non-hydrogen) atoms. The molecule has 96 valence electrons. The summed E-state index contributed by atoms with van der Waals surface area (Å²) in [6, 6.07) is 0. The van der Waals surface area contributed by atoms with Crippen molar-refractivity contribution in [1.29, 1.82) is 0 Å². The van der Waals surface area contributed by atoms with Crippen molar-refractivity contribution < 1.29 is 41.0 Å². The Bertz CT molecular complexity index is 358. The number of carbonyl (C=O) groups excluding carboxylic acids is 1. The van der Waals surface area contributed by atoms with E-state index in [0.29, 0.717) is 0 Å². The summed E-state index contributed by atoms with van der Waals surface area (Å²) < 4.78 is 74.5. The Hall–Kier alpha value is -1.56. The van der Waals surface area contributed by atoms with E-state index >= 15 is 0 Å². The quantitative estimate of drug-likeness (QED) is 0.440. The Kier molecular flexibility index (Phi) is 3.20. The largest absolute Gasteiger partial charge is 0.511 e. The van der Waals surface area contributed by atoms with Crippen LogP contribution in [0.4, 0.5) is 26.7 Å². The van der Waals surface area contributed by atoms with E-state index in [0.717, 1.165) is 0 Å². The number of alkyl halides is 5. The van der Waals surface area contributed by atoms with Gasteiger partial charge in [-0.3, -0.25) is 0 Å². The fraction of sp³-hybridized carbons (Fsp3) is 0.625. The Morgan fingerprint density at radius 2 is 2.00 bits per heavy atom. The SMILES string of the molecule is C#CCOC1(C(F)(F)C(F)(F)F)COC(=O)O1. The van der Waals surface area contributed by atoms with Gasteiger partial charge in [-0.15, -0.1) is 6.42 Å². The number of terminal acetylenes is 1. The zero-order chi connectivity index (χ0) is 13.3. The molecule has 0 amide bonds. The second-order valence-corrected chi connectivity index (χ2v) is 2.96. The minimum Gasteiger partial charge on any atom is -0.427 e. The van der Waals surface area contributed by atoms with Gasteiger partial charge >= 0.3 is 24.0 Å². The smallest absolute Gasteiger partial charge is 0.427 e. The van der Waals surface area contributed by atoms with Crippen molar-refractivity contribution in [3.8, 4) is 12.3 Å². The van der Waals surface area contributed by atoms with E-state index in [4.69, 9.17) is 0 Å². The molecule has 1 rings (SSSR count). The van der Waals surface area contributed by atoms with Gasteiger partial charge < -0.3 is 14.2 Å². The van der Waals surface area contributed by atoms with Crippen molar-refractivity contribution in [1.82, 2.24) is 0 Å². The van der Waals surface area contributed by atoms with Crippen LogP contribution in [-0.2, 0) is 14.2 Å². The van der Waals surface area contributed by atoms with Gasteiger partial charge in [-0.2, -0.15) is 22.0 Å². The molecule has 1 unspecified atom stereocenters. The van der Waals surface area contributed by atoms with Gasteiger partial charge in [0.1, 0.15) is 6.61 Å². The lowest BCUT2D eigenvalue weighted by Gasteiger charge is -2.33. The van der Waals surface area contributed by atoms with Gasteiger partial charge in [0, 0.05) is 0 Å². The normalized spacial score (nSPS) is 25.1. The second-order valence-electron chi connectivity index (χ2n) is 2.96. The average Bonchev–Trinajstić information content (AvgIpc) is 2.57. The monoisotopic (exact) mass is 260 g/mol. The third-order valence-corrected chi connectivity index (χ3v) is 1.85. The van der Waals surface area contributed by atoms with Crippen LogP contribution in [0, 0.1) is 12.3 Å². The van der Waals surface area contributed by atoms with E-state index in [1.165, 1.54) is 0 Å². The first kappa shape index (κ1) is 13.5. The van der Waals surface area contributed by atoms with E-state index in [2.05, 4.69) is 20.6 Å². The first-order valence-electron chi connectivity index (χ1n) is 4.04. The van der Waals surface area contributed by atoms with Crippen molar-refractivity contribution in [3.05, 3.63) is 0 Å². The molecule has 0 saturated carbocycles. The molecule has 0 N–H and O–H groups in total. The molecule has 0 aromatic rings. The zero-order valence-corrected chi connectivity index (χ0v) is 8.01. The van der Waals surface area contributed by atoms with Gasteiger partial charge in [-0.05, 0) is 0 Å². The number of cyclic esters (lactones) is 2. The molecule has 1 aliphatic heterocycles. The van der Waals surface area contributed by atoms with Crippen LogP contribution in [0.15, 0.2) is 0 Å². The molecule has 1 aliphatic rings. The lowest BCUT2D eigenvalue weighted by Crippen LogP contribution is -2.60. The zero-order valence-electron chi connectivity index (χ0n) is 8.01. The van der Waals surface area contributed by atoms with Gasteiger partial charge in [0.05, 0.1) is 0 Å². The third-order valence-electron chi connectivity index (χ3n) is 1.85. The minimum absolute atomic E-state index is 0.900. The Labute approximate surface area is 91.6 Å². The van der Waals surface area contributed by atoms with Gasteiger partial charge in [-0.25, -0.2) is 4.79 Å². The van der Waals surface area contributed by atoms with Crippen molar-refractivity contribution in [2.24, 2.45) is 0 Å². The molecule has 1 atom stereocenters. The first-order chi connectivity index (χ1) is 7.66. The van der Waals surface area contributed by atoms with Crippen LogP contribution in [0.2, 0.25) is 0 Å². The highest BCUT2D eigenvalue weighted by Crippen LogP contribution is 2.47. The maximum Gasteiger partial charge on any atom is 0.511 e. The number of hydrogen-bond acceptors (Lipinski definition) is 4. The maximum atomic E-state index is 13.1. The summed E-state index contributed by atoms with van der Waals surface area (Å²) in [6.07, 6.45) is -3.00. The van der Waals surface area contributed by atoms with Gasteiger partial charge in [0.15, 0.2) is 6.61 Å². The lowest BCUT2D eigenvalue weighted by atomic mass is 10.1. The predicted octanol–water partition coefficient (Wildman–Crippen LogP) is 1.70. The van der Waals surface area contributed by atoms with Gasteiger partial charge in [0.25, 0.3) is 0 Å². The number of ether oxygens (including phenoxy) is 3. The third kappa shape index (κ3) is 2.12. The minimum atomic E-state index is -5.98. The average molecular weight is 260 g/mol. The summed E-state index contributed by atoms with van der Waals surface area (Å²) >= 11 is 0. The van der Waals surface area contributed by atoms with Crippen molar-refractivity contribution in [3.63, 3.8) is 0 Å². The Balaban J connectivity index is 3.07. The highest BCUT2D eigenvalue weighted by atomic mass is 19.4. The molecular formula is C8H5F5O4. The standard InChI is InChI=1S/C8H5F5O4/c1-2-3-16-6(4-15-5(14)17-6)7(9,10)8(11,12)13/h1H,3-4H2. The van der Waals surface area contributed by atoms with Crippen LogP contribution in [0.25, 0.3) is 0 Å². The second kappa shape index (κ2) is 4.03. The first-order valence-corrected chi connectivity index (χ1v) is 4.04. The van der Waals surface area contributed by atoms with E-state index in [9.17, 15) is 26.7 Å².